The Hall–Kier alpha value is -2.64. The van der Waals surface area contributed by atoms with Crippen molar-refractivity contribution in [2.24, 2.45) is 0 Å². The van der Waals surface area contributed by atoms with Crippen molar-refractivity contribution < 1.29 is 23.5 Å². The van der Waals surface area contributed by atoms with Crippen LogP contribution in [0.15, 0.2) is 48.5 Å². The predicted molar refractivity (Wildman–Crippen MR) is 127 cm³/mol. The highest BCUT2D eigenvalue weighted by atomic mass is 19.1. The van der Waals surface area contributed by atoms with Crippen LogP contribution in [-0.4, -0.2) is 59.4 Å². The average molecular weight is 473 g/mol. The molecule has 3 rings (SSSR count). The fourth-order valence-electron chi connectivity index (χ4n) is 4.55. The lowest BCUT2D eigenvalue weighted by Crippen LogP contribution is -2.50. The highest BCUT2D eigenvalue weighted by molar-refractivity contribution is 5.79. The summed E-state index contributed by atoms with van der Waals surface area (Å²) in [6, 6.07) is 12.4. The molecule has 34 heavy (non-hydrogen) atoms. The van der Waals surface area contributed by atoms with E-state index in [0.29, 0.717) is 50.1 Å². The van der Waals surface area contributed by atoms with Crippen molar-refractivity contribution in [3.8, 4) is 0 Å². The molecule has 1 fully saturated rings. The van der Waals surface area contributed by atoms with E-state index in [1.54, 1.807) is 36.4 Å². The summed E-state index contributed by atoms with van der Waals surface area (Å²) >= 11 is 0. The number of hydrogen-bond acceptors (Lipinski definition) is 4. The van der Waals surface area contributed by atoms with Gasteiger partial charge in [0.15, 0.2) is 5.78 Å². The molecular weight excluding hydrogens is 438 g/mol. The van der Waals surface area contributed by atoms with Crippen molar-refractivity contribution in [3.63, 3.8) is 0 Å². The number of rotatable bonds is 12. The predicted octanol–water partition coefficient (Wildman–Crippen LogP) is 4.49. The van der Waals surface area contributed by atoms with Crippen LogP contribution in [0.25, 0.3) is 0 Å². The van der Waals surface area contributed by atoms with Crippen molar-refractivity contribution in [3.05, 3.63) is 71.3 Å². The van der Waals surface area contributed by atoms with Gasteiger partial charge in [-0.25, -0.2) is 8.78 Å². The second-order valence-electron chi connectivity index (χ2n) is 8.83. The van der Waals surface area contributed by atoms with E-state index in [1.807, 2.05) is 9.80 Å². The van der Waals surface area contributed by atoms with Gasteiger partial charge in [-0.15, -0.1) is 0 Å². The SMILES string of the molecule is O=C(CO)CCCCCCCC(=O)N1CCN(C(c2ccccc2F)c2ccccc2F)CC1. The van der Waals surface area contributed by atoms with Gasteiger partial charge in [0.2, 0.25) is 5.91 Å². The Balaban J connectivity index is 1.51. The van der Waals surface area contributed by atoms with Gasteiger partial charge < -0.3 is 10.0 Å². The average Bonchev–Trinajstić information content (AvgIpc) is 2.86. The summed E-state index contributed by atoms with van der Waals surface area (Å²) in [5.41, 5.74) is 0.876. The van der Waals surface area contributed by atoms with Crippen molar-refractivity contribution in [1.82, 2.24) is 9.80 Å². The Labute approximate surface area is 200 Å². The fraction of sp³-hybridized carbons (Fsp3) is 0.481. The topological polar surface area (TPSA) is 60.9 Å². The van der Waals surface area contributed by atoms with Gasteiger partial charge in [-0.3, -0.25) is 14.5 Å². The summed E-state index contributed by atoms with van der Waals surface area (Å²) in [5, 5.41) is 8.72. The number of piperazine rings is 1. The van der Waals surface area contributed by atoms with Crippen LogP contribution in [0.4, 0.5) is 8.78 Å². The number of hydrogen-bond donors (Lipinski definition) is 1. The summed E-state index contributed by atoms with van der Waals surface area (Å²) in [4.78, 5) is 27.6. The van der Waals surface area contributed by atoms with E-state index in [2.05, 4.69) is 0 Å². The second kappa shape index (κ2) is 13.3. The molecule has 0 radical (unpaired) electrons. The van der Waals surface area contributed by atoms with Gasteiger partial charge in [0.05, 0.1) is 6.04 Å². The van der Waals surface area contributed by atoms with Crippen LogP contribution in [0.5, 0.6) is 0 Å². The van der Waals surface area contributed by atoms with E-state index in [1.165, 1.54) is 12.1 Å². The normalized spacial score (nSPS) is 14.5. The van der Waals surface area contributed by atoms with E-state index in [4.69, 9.17) is 5.11 Å². The highest BCUT2D eigenvalue weighted by Crippen LogP contribution is 2.32. The van der Waals surface area contributed by atoms with Crippen LogP contribution in [0.1, 0.15) is 62.1 Å². The van der Waals surface area contributed by atoms with Crippen LogP contribution >= 0.6 is 0 Å². The molecule has 1 N–H and O–H groups in total. The van der Waals surface area contributed by atoms with Gasteiger partial charge in [0, 0.05) is 50.1 Å². The number of aliphatic hydroxyl groups excluding tert-OH is 1. The molecule has 7 heteroatoms. The zero-order valence-corrected chi connectivity index (χ0v) is 19.6. The highest BCUT2D eigenvalue weighted by Gasteiger charge is 2.30. The molecule has 2 aromatic carbocycles. The number of carbonyl (C=O) groups is 2. The third-order valence-electron chi connectivity index (χ3n) is 6.45. The molecule has 1 aliphatic rings. The zero-order valence-electron chi connectivity index (χ0n) is 19.6. The largest absolute Gasteiger partial charge is 0.389 e. The van der Waals surface area contributed by atoms with Gasteiger partial charge >= 0.3 is 0 Å². The number of amides is 1. The first-order valence-electron chi connectivity index (χ1n) is 12.1. The van der Waals surface area contributed by atoms with E-state index in [0.717, 1.165) is 32.1 Å². The quantitative estimate of drug-likeness (QED) is 0.463. The molecule has 1 heterocycles. The van der Waals surface area contributed by atoms with Crippen LogP contribution < -0.4 is 0 Å². The number of Topliss-reactive ketones (excluding diaryl/α,β-unsaturated/α-hetero) is 1. The molecular formula is C27H34F2N2O3. The maximum absolute atomic E-state index is 14.7. The van der Waals surface area contributed by atoms with Gasteiger partial charge in [-0.2, -0.15) is 0 Å². The zero-order chi connectivity index (χ0) is 24.3. The molecule has 2 aromatic rings. The maximum atomic E-state index is 14.7. The van der Waals surface area contributed by atoms with Crippen molar-refractivity contribution in [1.29, 1.82) is 0 Å². The standard InChI is InChI=1S/C27H34F2N2O3/c28-24-13-8-6-11-22(24)27(23-12-7-9-14-25(23)29)31-18-16-30(17-19-31)26(34)15-5-3-1-2-4-10-21(33)20-32/h6-9,11-14,27,32H,1-5,10,15-20H2. The number of nitrogens with zero attached hydrogens (tertiary/aromatic N) is 2. The van der Waals surface area contributed by atoms with E-state index >= 15 is 0 Å². The molecule has 184 valence electrons. The fourth-order valence-corrected chi connectivity index (χ4v) is 4.55. The summed E-state index contributed by atoms with van der Waals surface area (Å²) in [6.07, 6.45) is 5.31. The van der Waals surface area contributed by atoms with Crippen LogP contribution in [0, 0.1) is 11.6 Å². The molecule has 0 atom stereocenters. The first-order chi connectivity index (χ1) is 16.5. The molecule has 1 aliphatic heterocycles. The van der Waals surface area contributed by atoms with Crippen molar-refractivity contribution in [2.45, 2.75) is 51.0 Å². The molecule has 0 unspecified atom stereocenters. The maximum Gasteiger partial charge on any atom is 0.222 e. The lowest BCUT2D eigenvalue weighted by molar-refractivity contribution is -0.133. The number of aliphatic hydroxyl groups is 1. The van der Waals surface area contributed by atoms with Crippen LogP contribution in [-0.2, 0) is 9.59 Å². The Kier molecular flexibility index (Phi) is 10.2. The summed E-state index contributed by atoms with van der Waals surface area (Å²) in [7, 11) is 0. The van der Waals surface area contributed by atoms with E-state index in [-0.39, 0.29) is 29.9 Å². The molecule has 1 amide bonds. The van der Waals surface area contributed by atoms with Crippen molar-refractivity contribution in [2.75, 3.05) is 32.8 Å². The first kappa shape index (κ1) is 26.0. The molecule has 0 aliphatic carbocycles. The minimum absolute atomic E-state index is 0.114. The molecule has 1 saturated heterocycles. The minimum atomic E-state index is -0.544. The Bertz CT molecular complexity index is 899. The third kappa shape index (κ3) is 7.18. The molecule has 0 aromatic heterocycles. The second-order valence-corrected chi connectivity index (χ2v) is 8.83. The van der Waals surface area contributed by atoms with Gasteiger partial charge in [-0.05, 0) is 25.0 Å². The van der Waals surface area contributed by atoms with Gasteiger partial charge in [0.1, 0.15) is 18.2 Å². The van der Waals surface area contributed by atoms with E-state index < -0.39 is 6.04 Å². The number of unbranched alkanes of at least 4 members (excludes halogenated alkanes) is 4. The lowest BCUT2D eigenvalue weighted by Gasteiger charge is -2.40. The number of halogens is 2. The first-order valence-corrected chi connectivity index (χ1v) is 12.1. The number of ketones is 1. The smallest absolute Gasteiger partial charge is 0.222 e. The molecule has 0 bridgehead atoms. The number of carbonyl (C=O) groups excluding carboxylic acids is 2. The monoisotopic (exact) mass is 472 g/mol. The molecule has 0 saturated carbocycles. The Morgan fingerprint density at radius 1 is 0.765 bits per heavy atom. The number of benzene rings is 2. The summed E-state index contributed by atoms with van der Waals surface area (Å²) in [6.45, 7) is 1.75. The van der Waals surface area contributed by atoms with Crippen LogP contribution in [0.2, 0.25) is 0 Å². The molecule has 0 spiro atoms. The lowest BCUT2D eigenvalue weighted by atomic mass is 9.95. The summed E-state index contributed by atoms with van der Waals surface area (Å²) < 4.78 is 29.4. The van der Waals surface area contributed by atoms with Crippen molar-refractivity contribution >= 4 is 11.7 Å². The van der Waals surface area contributed by atoms with E-state index in [9.17, 15) is 18.4 Å². The third-order valence-corrected chi connectivity index (χ3v) is 6.45. The Morgan fingerprint density at radius 3 is 1.79 bits per heavy atom. The summed E-state index contributed by atoms with van der Waals surface area (Å²) in [5.74, 6) is -0.741. The minimum Gasteiger partial charge on any atom is -0.389 e. The van der Waals surface area contributed by atoms with Gasteiger partial charge in [0.25, 0.3) is 0 Å². The van der Waals surface area contributed by atoms with Crippen LogP contribution in [0.3, 0.4) is 0 Å². The molecule has 5 nitrogen and oxygen atoms in total. The Morgan fingerprint density at radius 2 is 1.26 bits per heavy atom. The van der Waals surface area contributed by atoms with Gasteiger partial charge in [-0.1, -0.05) is 55.7 Å².